The molecule has 1 aliphatic carbocycles. The first-order valence-electron chi connectivity index (χ1n) is 9.52. The standard InChI is InChI=1S/C22H22FN3O3/c1-28-15-6-8-16(9-7-15)29-21-4-2-3-18(23)17(21)12-24-22(27)14-5-10-19-20(11-14)26-13-25-19/h2-4,6-9,13-14H,5,10-12H2,1H3,(H,24,27)(H,25,26). The van der Waals surface area contributed by atoms with Crippen molar-refractivity contribution < 1.29 is 18.7 Å². The van der Waals surface area contributed by atoms with Crippen molar-refractivity contribution in [3.63, 3.8) is 0 Å². The molecule has 3 aromatic rings. The number of halogens is 1. The average molecular weight is 395 g/mol. The lowest BCUT2D eigenvalue weighted by atomic mass is 9.89. The number of imidazole rings is 1. The summed E-state index contributed by atoms with van der Waals surface area (Å²) in [7, 11) is 1.59. The van der Waals surface area contributed by atoms with Gasteiger partial charge in [-0.15, -0.1) is 0 Å². The van der Waals surface area contributed by atoms with Crippen molar-refractivity contribution in [3.05, 3.63) is 71.6 Å². The van der Waals surface area contributed by atoms with Crippen LogP contribution in [0.4, 0.5) is 4.39 Å². The third-order valence-corrected chi connectivity index (χ3v) is 5.16. The number of carbonyl (C=O) groups is 1. The van der Waals surface area contributed by atoms with Crippen LogP contribution >= 0.6 is 0 Å². The van der Waals surface area contributed by atoms with E-state index in [4.69, 9.17) is 9.47 Å². The van der Waals surface area contributed by atoms with Crippen LogP contribution < -0.4 is 14.8 Å². The molecule has 7 heteroatoms. The Morgan fingerprint density at radius 3 is 2.83 bits per heavy atom. The van der Waals surface area contributed by atoms with Crippen LogP contribution in [0.25, 0.3) is 0 Å². The van der Waals surface area contributed by atoms with E-state index in [-0.39, 0.29) is 18.4 Å². The van der Waals surface area contributed by atoms with Crippen LogP contribution in [0, 0.1) is 11.7 Å². The fourth-order valence-electron chi connectivity index (χ4n) is 3.52. The Morgan fingerprint density at radius 1 is 1.24 bits per heavy atom. The second-order valence-electron chi connectivity index (χ2n) is 6.98. The molecular formula is C22H22FN3O3. The van der Waals surface area contributed by atoms with Gasteiger partial charge in [-0.05, 0) is 49.2 Å². The number of aromatic nitrogens is 2. The van der Waals surface area contributed by atoms with Gasteiger partial charge in [-0.1, -0.05) is 6.07 Å². The first kappa shape index (κ1) is 19.0. The van der Waals surface area contributed by atoms with Gasteiger partial charge in [0.25, 0.3) is 0 Å². The Balaban J connectivity index is 1.43. The van der Waals surface area contributed by atoms with Gasteiger partial charge in [-0.25, -0.2) is 9.37 Å². The lowest BCUT2D eigenvalue weighted by Crippen LogP contribution is -2.34. The number of methoxy groups -OCH3 is 1. The van der Waals surface area contributed by atoms with Crippen LogP contribution in [0.15, 0.2) is 48.8 Å². The maximum absolute atomic E-state index is 14.5. The van der Waals surface area contributed by atoms with Gasteiger partial charge in [0.05, 0.1) is 19.1 Å². The summed E-state index contributed by atoms with van der Waals surface area (Å²) in [6.45, 7) is 0.0589. The molecule has 1 aliphatic rings. The average Bonchev–Trinajstić information content (AvgIpc) is 3.21. The number of benzene rings is 2. The third kappa shape index (κ3) is 4.23. The molecule has 2 aromatic carbocycles. The minimum atomic E-state index is -0.421. The minimum Gasteiger partial charge on any atom is -0.497 e. The van der Waals surface area contributed by atoms with Crippen molar-refractivity contribution in [1.82, 2.24) is 15.3 Å². The van der Waals surface area contributed by atoms with Crippen molar-refractivity contribution in [1.29, 1.82) is 0 Å². The van der Waals surface area contributed by atoms with E-state index in [1.165, 1.54) is 6.07 Å². The lowest BCUT2D eigenvalue weighted by molar-refractivity contribution is -0.125. The number of aryl methyl sites for hydroxylation is 1. The maximum atomic E-state index is 14.5. The molecule has 2 N–H and O–H groups in total. The van der Waals surface area contributed by atoms with E-state index in [1.54, 1.807) is 49.8 Å². The number of aromatic amines is 1. The Bertz CT molecular complexity index is 1000. The van der Waals surface area contributed by atoms with Crippen LogP contribution in [0.2, 0.25) is 0 Å². The second-order valence-corrected chi connectivity index (χ2v) is 6.98. The predicted molar refractivity (Wildman–Crippen MR) is 105 cm³/mol. The highest BCUT2D eigenvalue weighted by molar-refractivity contribution is 5.79. The summed E-state index contributed by atoms with van der Waals surface area (Å²) in [5.41, 5.74) is 2.35. The number of amides is 1. The van der Waals surface area contributed by atoms with E-state index in [9.17, 15) is 9.18 Å². The minimum absolute atomic E-state index is 0.0589. The number of H-pyrrole nitrogens is 1. The van der Waals surface area contributed by atoms with Gasteiger partial charge in [0.2, 0.25) is 5.91 Å². The normalized spacial score (nSPS) is 15.4. The van der Waals surface area contributed by atoms with E-state index in [0.29, 0.717) is 29.2 Å². The Hall–Kier alpha value is -3.35. The van der Waals surface area contributed by atoms with Gasteiger partial charge in [-0.3, -0.25) is 4.79 Å². The number of nitrogens with zero attached hydrogens (tertiary/aromatic N) is 1. The summed E-state index contributed by atoms with van der Waals surface area (Å²) in [4.78, 5) is 20.0. The summed E-state index contributed by atoms with van der Waals surface area (Å²) in [6.07, 6.45) is 3.78. The van der Waals surface area contributed by atoms with Gasteiger partial charge in [-0.2, -0.15) is 0 Å². The molecule has 0 aliphatic heterocycles. The molecule has 1 aromatic heterocycles. The van der Waals surface area contributed by atoms with Crippen molar-refractivity contribution in [2.45, 2.75) is 25.8 Å². The first-order valence-corrected chi connectivity index (χ1v) is 9.52. The summed E-state index contributed by atoms with van der Waals surface area (Å²) in [5.74, 6) is 0.968. The molecule has 1 atom stereocenters. The summed E-state index contributed by atoms with van der Waals surface area (Å²) in [6, 6.07) is 11.7. The number of hydrogen-bond acceptors (Lipinski definition) is 4. The van der Waals surface area contributed by atoms with Gasteiger partial charge in [0.15, 0.2) is 0 Å². The fraction of sp³-hybridized carbons (Fsp3) is 0.273. The van der Waals surface area contributed by atoms with Crippen molar-refractivity contribution in [3.8, 4) is 17.2 Å². The highest BCUT2D eigenvalue weighted by Crippen LogP contribution is 2.29. The van der Waals surface area contributed by atoms with Crippen LogP contribution in [0.1, 0.15) is 23.4 Å². The number of nitrogens with one attached hydrogen (secondary N) is 2. The molecule has 1 heterocycles. The summed E-state index contributed by atoms with van der Waals surface area (Å²) >= 11 is 0. The third-order valence-electron chi connectivity index (χ3n) is 5.16. The zero-order chi connectivity index (χ0) is 20.2. The number of carbonyl (C=O) groups excluding carboxylic acids is 1. The van der Waals surface area contributed by atoms with Gasteiger partial charge >= 0.3 is 0 Å². The topological polar surface area (TPSA) is 76.2 Å². The van der Waals surface area contributed by atoms with Crippen molar-refractivity contribution >= 4 is 5.91 Å². The summed E-state index contributed by atoms with van der Waals surface area (Å²) < 4.78 is 25.4. The largest absolute Gasteiger partial charge is 0.497 e. The van der Waals surface area contributed by atoms with Gasteiger partial charge in [0.1, 0.15) is 23.1 Å². The zero-order valence-corrected chi connectivity index (χ0v) is 16.1. The van der Waals surface area contributed by atoms with Crippen LogP contribution in [0.3, 0.4) is 0 Å². The van der Waals surface area contributed by atoms with E-state index in [2.05, 4.69) is 15.3 Å². The quantitative estimate of drug-likeness (QED) is 0.666. The fourth-order valence-corrected chi connectivity index (χ4v) is 3.52. The Labute approximate surface area is 168 Å². The maximum Gasteiger partial charge on any atom is 0.223 e. The molecule has 0 spiro atoms. The van der Waals surface area contributed by atoms with Gasteiger partial charge < -0.3 is 19.8 Å². The number of fused-ring (bicyclic) bond motifs is 1. The van der Waals surface area contributed by atoms with E-state index in [0.717, 1.165) is 24.2 Å². The number of hydrogen-bond donors (Lipinski definition) is 2. The molecule has 150 valence electrons. The van der Waals surface area contributed by atoms with Gasteiger partial charge in [0, 0.05) is 30.1 Å². The molecule has 4 rings (SSSR count). The van der Waals surface area contributed by atoms with Crippen LogP contribution in [-0.2, 0) is 24.2 Å². The first-order chi connectivity index (χ1) is 14.1. The molecule has 0 bridgehead atoms. The lowest BCUT2D eigenvalue weighted by Gasteiger charge is -2.21. The van der Waals surface area contributed by atoms with Crippen LogP contribution in [-0.4, -0.2) is 23.0 Å². The zero-order valence-electron chi connectivity index (χ0n) is 16.1. The van der Waals surface area contributed by atoms with E-state index < -0.39 is 5.82 Å². The number of rotatable bonds is 6. The molecular weight excluding hydrogens is 373 g/mol. The molecule has 1 unspecified atom stereocenters. The molecule has 1 amide bonds. The molecule has 0 saturated heterocycles. The van der Waals surface area contributed by atoms with Crippen LogP contribution in [0.5, 0.6) is 17.2 Å². The Morgan fingerprint density at radius 2 is 2.03 bits per heavy atom. The molecule has 0 saturated carbocycles. The molecule has 29 heavy (non-hydrogen) atoms. The number of ether oxygens (including phenoxy) is 2. The monoisotopic (exact) mass is 395 g/mol. The molecule has 6 nitrogen and oxygen atoms in total. The highest BCUT2D eigenvalue weighted by atomic mass is 19.1. The highest BCUT2D eigenvalue weighted by Gasteiger charge is 2.26. The summed E-state index contributed by atoms with van der Waals surface area (Å²) in [5, 5.41) is 2.86. The molecule has 0 radical (unpaired) electrons. The van der Waals surface area contributed by atoms with E-state index >= 15 is 0 Å². The smallest absolute Gasteiger partial charge is 0.223 e. The Kier molecular flexibility index (Phi) is 5.46. The SMILES string of the molecule is COc1ccc(Oc2cccc(F)c2CNC(=O)C2CCc3nc[nH]c3C2)cc1. The van der Waals surface area contributed by atoms with Crippen molar-refractivity contribution in [2.75, 3.05) is 7.11 Å². The second kappa shape index (κ2) is 8.34. The van der Waals surface area contributed by atoms with E-state index in [1.807, 2.05) is 0 Å². The molecule has 0 fully saturated rings. The predicted octanol–water partition coefficient (Wildman–Crippen LogP) is 3.77. The van der Waals surface area contributed by atoms with Crippen molar-refractivity contribution in [2.24, 2.45) is 5.92 Å².